The van der Waals surface area contributed by atoms with Crippen molar-refractivity contribution >= 4 is 23.5 Å². The second-order valence-electron chi connectivity index (χ2n) is 7.46. The van der Waals surface area contributed by atoms with Crippen LogP contribution in [0.2, 0.25) is 0 Å². The zero-order chi connectivity index (χ0) is 20.2. The molecule has 1 aromatic carbocycles. The third-order valence-corrected chi connectivity index (χ3v) is 5.75. The Labute approximate surface area is 166 Å². The SMILES string of the molecule is CCOC(=O)CN1C[C@@]23C=C[C@@H](O2)[C@@H](C(=O)Nc2ccc4c(c2)OCO4)[C@@H]3C1=O. The van der Waals surface area contributed by atoms with Crippen molar-refractivity contribution in [3.05, 3.63) is 30.4 Å². The van der Waals surface area contributed by atoms with Crippen molar-refractivity contribution in [1.29, 1.82) is 0 Å². The van der Waals surface area contributed by atoms with E-state index in [2.05, 4.69) is 5.32 Å². The second kappa shape index (κ2) is 6.48. The van der Waals surface area contributed by atoms with E-state index in [-0.39, 0.29) is 38.3 Å². The number of nitrogens with zero attached hydrogens (tertiary/aromatic N) is 1. The van der Waals surface area contributed by atoms with Gasteiger partial charge in [0.1, 0.15) is 12.1 Å². The quantitative estimate of drug-likeness (QED) is 0.573. The van der Waals surface area contributed by atoms with Crippen molar-refractivity contribution in [2.45, 2.75) is 18.6 Å². The number of esters is 1. The predicted molar refractivity (Wildman–Crippen MR) is 98.1 cm³/mol. The molecule has 4 atom stereocenters. The van der Waals surface area contributed by atoms with Crippen LogP contribution in [0.1, 0.15) is 6.92 Å². The second-order valence-corrected chi connectivity index (χ2v) is 7.46. The van der Waals surface area contributed by atoms with Crippen LogP contribution in [0.5, 0.6) is 11.5 Å². The third kappa shape index (κ3) is 2.76. The standard InChI is InChI=1S/C20H20N2O7/c1-2-26-15(23)8-22-9-20-6-5-13(29-20)16(17(20)19(22)25)18(24)21-11-3-4-12-14(7-11)28-10-27-12/h3-7,13,16-17H,2,8-10H2,1H3,(H,21,24)/t13-,16-,17-,20-/m1/s1. The molecule has 4 aliphatic heterocycles. The van der Waals surface area contributed by atoms with Gasteiger partial charge in [0.05, 0.1) is 31.1 Å². The van der Waals surface area contributed by atoms with E-state index in [1.807, 2.05) is 12.2 Å². The third-order valence-electron chi connectivity index (χ3n) is 5.75. The fourth-order valence-corrected chi connectivity index (χ4v) is 4.57. The van der Waals surface area contributed by atoms with Crippen molar-refractivity contribution in [1.82, 2.24) is 4.90 Å². The number of carbonyl (C=O) groups is 3. The van der Waals surface area contributed by atoms with E-state index < -0.39 is 29.5 Å². The van der Waals surface area contributed by atoms with Crippen LogP contribution in [0.4, 0.5) is 5.69 Å². The molecule has 2 fully saturated rings. The number of likely N-dealkylation sites (tertiary alicyclic amines) is 1. The van der Waals surface area contributed by atoms with E-state index in [4.69, 9.17) is 18.9 Å². The first-order valence-electron chi connectivity index (χ1n) is 9.53. The molecule has 4 heterocycles. The molecular formula is C20H20N2O7. The van der Waals surface area contributed by atoms with E-state index in [0.717, 1.165) is 0 Å². The van der Waals surface area contributed by atoms with Crippen molar-refractivity contribution < 1.29 is 33.3 Å². The molecule has 4 aliphatic rings. The molecule has 1 aromatic rings. The van der Waals surface area contributed by atoms with Gasteiger partial charge in [-0.25, -0.2) is 0 Å². The average Bonchev–Trinajstić information content (AvgIpc) is 3.43. The van der Waals surface area contributed by atoms with Gasteiger partial charge in [0.15, 0.2) is 11.5 Å². The summed E-state index contributed by atoms with van der Waals surface area (Å²) in [5, 5.41) is 2.85. The molecular weight excluding hydrogens is 380 g/mol. The summed E-state index contributed by atoms with van der Waals surface area (Å²) < 4.78 is 21.6. The summed E-state index contributed by atoms with van der Waals surface area (Å²) in [5.74, 6) is -1.22. The monoisotopic (exact) mass is 400 g/mol. The van der Waals surface area contributed by atoms with Crippen LogP contribution in [-0.2, 0) is 23.9 Å². The minimum atomic E-state index is -0.870. The maximum Gasteiger partial charge on any atom is 0.325 e. The number of rotatable bonds is 5. The number of anilines is 1. The fourth-order valence-electron chi connectivity index (χ4n) is 4.57. The summed E-state index contributed by atoms with van der Waals surface area (Å²) in [6.45, 7) is 2.18. The Bertz CT molecular complexity index is 929. The number of benzene rings is 1. The average molecular weight is 400 g/mol. The van der Waals surface area contributed by atoms with Crippen LogP contribution in [0.3, 0.4) is 0 Å². The van der Waals surface area contributed by atoms with Crippen LogP contribution in [-0.4, -0.2) is 60.9 Å². The first kappa shape index (κ1) is 18.0. The molecule has 9 heteroatoms. The summed E-state index contributed by atoms with van der Waals surface area (Å²) in [4.78, 5) is 39.3. The molecule has 29 heavy (non-hydrogen) atoms. The Morgan fingerprint density at radius 3 is 2.97 bits per heavy atom. The highest BCUT2D eigenvalue weighted by atomic mass is 16.7. The topological polar surface area (TPSA) is 103 Å². The Balaban J connectivity index is 1.35. The van der Waals surface area contributed by atoms with Crippen molar-refractivity contribution in [2.75, 3.05) is 31.8 Å². The molecule has 2 bridgehead atoms. The maximum absolute atomic E-state index is 13.1. The molecule has 0 unspecified atom stereocenters. The Morgan fingerprint density at radius 1 is 1.31 bits per heavy atom. The normalized spacial score (nSPS) is 30.6. The van der Waals surface area contributed by atoms with Gasteiger partial charge in [0.25, 0.3) is 0 Å². The number of hydrogen-bond acceptors (Lipinski definition) is 7. The van der Waals surface area contributed by atoms with Gasteiger partial charge >= 0.3 is 5.97 Å². The van der Waals surface area contributed by atoms with Crippen LogP contribution in [0.25, 0.3) is 0 Å². The van der Waals surface area contributed by atoms with Gasteiger partial charge in [-0.15, -0.1) is 0 Å². The lowest BCUT2D eigenvalue weighted by molar-refractivity contribution is -0.148. The van der Waals surface area contributed by atoms with Crippen molar-refractivity contribution in [2.24, 2.45) is 11.8 Å². The molecule has 1 spiro atoms. The van der Waals surface area contributed by atoms with Gasteiger partial charge in [-0.2, -0.15) is 0 Å². The molecule has 2 amide bonds. The van der Waals surface area contributed by atoms with Gasteiger partial charge < -0.3 is 29.2 Å². The van der Waals surface area contributed by atoms with Gasteiger partial charge in [0, 0.05) is 11.8 Å². The molecule has 0 radical (unpaired) electrons. The molecule has 9 nitrogen and oxygen atoms in total. The van der Waals surface area contributed by atoms with Crippen molar-refractivity contribution in [3.8, 4) is 11.5 Å². The lowest BCUT2D eigenvalue weighted by Crippen LogP contribution is -2.41. The number of fused-ring (bicyclic) bond motifs is 2. The number of carbonyl (C=O) groups excluding carboxylic acids is 3. The van der Waals surface area contributed by atoms with Gasteiger partial charge in [-0.05, 0) is 19.1 Å². The highest BCUT2D eigenvalue weighted by Crippen LogP contribution is 2.52. The summed E-state index contributed by atoms with van der Waals surface area (Å²) in [7, 11) is 0. The molecule has 2 saturated heterocycles. The Hall–Kier alpha value is -3.07. The van der Waals surface area contributed by atoms with Crippen LogP contribution in [0.15, 0.2) is 30.4 Å². The number of nitrogens with one attached hydrogen (secondary N) is 1. The molecule has 5 rings (SSSR count). The summed E-state index contributed by atoms with van der Waals surface area (Å²) in [6, 6.07) is 5.12. The van der Waals surface area contributed by atoms with Crippen LogP contribution >= 0.6 is 0 Å². The zero-order valence-electron chi connectivity index (χ0n) is 15.8. The summed E-state index contributed by atoms with van der Waals surface area (Å²) in [5.41, 5.74) is -0.320. The number of ether oxygens (including phenoxy) is 4. The van der Waals surface area contributed by atoms with Crippen LogP contribution in [0, 0.1) is 11.8 Å². The zero-order valence-corrected chi connectivity index (χ0v) is 15.8. The smallest absolute Gasteiger partial charge is 0.325 e. The fraction of sp³-hybridized carbons (Fsp3) is 0.450. The van der Waals surface area contributed by atoms with E-state index in [1.165, 1.54) is 4.90 Å². The van der Waals surface area contributed by atoms with Gasteiger partial charge in [-0.3, -0.25) is 14.4 Å². The Morgan fingerprint density at radius 2 is 2.14 bits per heavy atom. The largest absolute Gasteiger partial charge is 0.465 e. The summed E-state index contributed by atoms with van der Waals surface area (Å²) in [6.07, 6.45) is 3.19. The molecule has 1 N–H and O–H groups in total. The first-order chi connectivity index (χ1) is 14.0. The van der Waals surface area contributed by atoms with Gasteiger partial charge in [0.2, 0.25) is 18.6 Å². The van der Waals surface area contributed by atoms with Crippen LogP contribution < -0.4 is 14.8 Å². The molecule has 0 aliphatic carbocycles. The first-order valence-corrected chi connectivity index (χ1v) is 9.53. The van der Waals surface area contributed by atoms with E-state index in [0.29, 0.717) is 17.2 Å². The molecule has 152 valence electrons. The molecule has 0 aromatic heterocycles. The van der Waals surface area contributed by atoms with Gasteiger partial charge in [-0.1, -0.05) is 12.2 Å². The minimum absolute atomic E-state index is 0.144. The lowest BCUT2D eigenvalue weighted by Gasteiger charge is -2.23. The van der Waals surface area contributed by atoms with E-state index >= 15 is 0 Å². The molecule has 0 saturated carbocycles. The van der Waals surface area contributed by atoms with E-state index in [9.17, 15) is 14.4 Å². The van der Waals surface area contributed by atoms with E-state index in [1.54, 1.807) is 25.1 Å². The van der Waals surface area contributed by atoms with Crippen molar-refractivity contribution in [3.63, 3.8) is 0 Å². The number of hydrogen-bond donors (Lipinski definition) is 1. The lowest BCUT2D eigenvalue weighted by atomic mass is 9.77. The highest BCUT2D eigenvalue weighted by Gasteiger charge is 2.67. The summed E-state index contributed by atoms with van der Waals surface area (Å²) >= 11 is 0. The highest BCUT2D eigenvalue weighted by molar-refractivity contribution is 6.00. The Kier molecular flexibility index (Phi) is 4.02. The predicted octanol–water partition coefficient (Wildman–Crippen LogP) is 0.699. The maximum atomic E-state index is 13.1. The minimum Gasteiger partial charge on any atom is -0.465 e. The number of amides is 2.